The minimum Gasteiger partial charge on any atom is -0.497 e. The van der Waals surface area contributed by atoms with Crippen LogP contribution < -0.4 is 15.4 Å². The van der Waals surface area contributed by atoms with E-state index in [0.717, 1.165) is 30.2 Å². The van der Waals surface area contributed by atoms with E-state index in [9.17, 15) is 4.79 Å². The van der Waals surface area contributed by atoms with Crippen molar-refractivity contribution in [3.8, 4) is 5.75 Å². The molecule has 0 saturated carbocycles. The van der Waals surface area contributed by atoms with Crippen LogP contribution in [0.15, 0.2) is 24.3 Å². The fraction of sp³-hybridized carbons (Fsp3) is 0.533. The smallest absolute Gasteiger partial charge is 0.221 e. The van der Waals surface area contributed by atoms with Crippen LogP contribution in [-0.4, -0.2) is 43.7 Å². The molecule has 110 valence electrons. The maximum atomic E-state index is 11.8. The van der Waals surface area contributed by atoms with Gasteiger partial charge in [0.25, 0.3) is 0 Å². The van der Waals surface area contributed by atoms with Crippen molar-refractivity contribution in [2.75, 3.05) is 31.7 Å². The summed E-state index contributed by atoms with van der Waals surface area (Å²) in [5.74, 6) is 3.18. The van der Waals surface area contributed by atoms with Gasteiger partial charge in [-0.25, -0.2) is 0 Å². The van der Waals surface area contributed by atoms with Crippen molar-refractivity contribution in [1.82, 2.24) is 10.6 Å². The lowest BCUT2D eigenvalue weighted by atomic mass is 10.1. The minimum absolute atomic E-state index is 0.138. The van der Waals surface area contributed by atoms with Gasteiger partial charge >= 0.3 is 0 Å². The second-order valence-electron chi connectivity index (χ2n) is 4.88. The molecule has 1 fully saturated rings. The summed E-state index contributed by atoms with van der Waals surface area (Å²) < 4.78 is 5.12. The first-order valence-electron chi connectivity index (χ1n) is 6.98. The number of rotatable bonds is 6. The number of hydrogen-bond donors (Lipinski definition) is 2. The van der Waals surface area contributed by atoms with Crippen molar-refractivity contribution in [2.24, 2.45) is 0 Å². The summed E-state index contributed by atoms with van der Waals surface area (Å²) in [5.41, 5.74) is 1.21. The number of thioether (sulfide) groups is 1. The molecule has 0 aliphatic carbocycles. The zero-order valence-electron chi connectivity index (χ0n) is 11.9. The zero-order chi connectivity index (χ0) is 14.2. The minimum atomic E-state index is 0.138. The van der Waals surface area contributed by atoms with Crippen LogP contribution in [0.25, 0.3) is 0 Å². The van der Waals surface area contributed by atoms with Crippen molar-refractivity contribution in [1.29, 1.82) is 0 Å². The van der Waals surface area contributed by atoms with Crippen molar-refractivity contribution in [3.63, 3.8) is 0 Å². The summed E-state index contributed by atoms with van der Waals surface area (Å²) in [6.45, 7) is 1.69. The molecule has 1 atom stereocenters. The van der Waals surface area contributed by atoms with Gasteiger partial charge in [0.15, 0.2) is 0 Å². The van der Waals surface area contributed by atoms with Crippen molar-refractivity contribution < 1.29 is 9.53 Å². The molecule has 0 radical (unpaired) electrons. The van der Waals surface area contributed by atoms with Gasteiger partial charge in [-0.05, 0) is 24.1 Å². The van der Waals surface area contributed by atoms with Crippen LogP contribution in [0.1, 0.15) is 12.0 Å². The summed E-state index contributed by atoms with van der Waals surface area (Å²) in [6, 6.07) is 8.28. The van der Waals surface area contributed by atoms with Crippen molar-refractivity contribution >= 4 is 17.7 Å². The Labute approximate surface area is 124 Å². The third kappa shape index (κ3) is 5.06. The standard InChI is InChI=1S/C15H22N2O2S/c1-19-14-4-2-12(3-5-14)6-7-17-15(18)10-13-11-20-9-8-16-13/h2-5,13,16H,6-11H2,1H3,(H,17,18). The van der Waals surface area contributed by atoms with E-state index in [-0.39, 0.29) is 5.91 Å². The highest BCUT2D eigenvalue weighted by atomic mass is 32.2. The van der Waals surface area contributed by atoms with Gasteiger partial charge in [0.05, 0.1) is 7.11 Å². The van der Waals surface area contributed by atoms with Gasteiger partial charge in [-0.1, -0.05) is 12.1 Å². The lowest BCUT2D eigenvalue weighted by Gasteiger charge is -2.22. The topological polar surface area (TPSA) is 50.4 Å². The molecule has 2 rings (SSSR count). The van der Waals surface area contributed by atoms with Gasteiger partial charge < -0.3 is 15.4 Å². The molecule has 4 nitrogen and oxygen atoms in total. The lowest BCUT2D eigenvalue weighted by Crippen LogP contribution is -2.41. The first-order valence-corrected chi connectivity index (χ1v) is 8.14. The molecule has 1 aliphatic rings. The Morgan fingerprint density at radius 2 is 2.25 bits per heavy atom. The average molecular weight is 294 g/mol. The van der Waals surface area contributed by atoms with Crippen LogP contribution in [0.4, 0.5) is 0 Å². The van der Waals surface area contributed by atoms with Crippen molar-refractivity contribution in [2.45, 2.75) is 18.9 Å². The Morgan fingerprint density at radius 1 is 1.45 bits per heavy atom. The number of carbonyl (C=O) groups is 1. The largest absolute Gasteiger partial charge is 0.497 e. The lowest BCUT2D eigenvalue weighted by molar-refractivity contribution is -0.121. The SMILES string of the molecule is COc1ccc(CCNC(=O)CC2CSCCN2)cc1. The molecule has 5 heteroatoms. The van der Waals surface area contributed by atoms with Gasteiger partial charge in [-0.3, -0.25) is 4.79 Å². The van der Waals surface area contributed by atoms with Crippen molar-refractivity contribution in [3.05, 3.63) is 29.8 Å². The molecule has 1 aromatic rings. The highest BCUT2D eigenvalue weighted by Crippen LogP contribution is 2.12. The zero-order valence-corrected chi connectivity index (χ0v) is 12.7. The van der Waals surface area contributed by atoms with E-state index in [1.807, 2.05) is 36.0 Å². The Hall–Kier alpha value is -1.20. The normalized spacial score (nSPS) is 18.6. The van der Waals surface area contributed by atoms with Gasteiger partial charge in [-0.15, -0.1) is 0 Å². The summed E-state index contributed by atoms with van der Waals surface area (Å²) >= 11 is 1.91. The molecule has 1 heterocycles. The van der Waals surface area contributed by atoms with Crippen LogP contribution in [0, 0.1) is 0 Å². The Morgan fingerprint density at radius 3 is 2.90 bits per heavy atom. The first kappa shape index (κ1) is 15.2. The monoisotopic (exact) mass is 294 g/mol. The highest BCUT2D eigenvalue weighted by molar-refractivity contribution is 7.99. The molecule has 2 N–H and O–H groups in total. The first-order chi connectivity index (χ1) is 9.78. The van der Waals surface area contributed by atoms with Crippen LogP contribution in [0.3, 0.4) is 0 Å². The molecule has 0 bridgehead atoms. The van der Waals surface area contributed by atoms with E-state index >= 15 is 0 Å². The van der Waals surface area contributed by atoms with Gasteiger partial charge in [0, 0.05) is 37.1 Å². The second kappa shape index (κ2) is 8.17. The summed E-state index contributed by atoms with van der Waals surface area (Å²) in [7, 11) is 1.66. The van der Waals surface area contributed by atoms with E-state index in [1.165, 1.54) is 5.56 Å². The van der Waals surface area contributed by atoms with E-state index in [2.05, 4.69) is 10.6 Å². The molecule has 1 saturated heterocycles. The summed E-state index contributed by atoms with van der Waals surface area (Å²) in [6.07, 6.45) is 1.43. The van der Waals surface area contributed by atoms with Gasteiger partial charge in [0.2, 0.25) is 5.91 Å². The van der Waals surface area contributed by atoms with E-state index in [0.29, 0.717) is 19.0 Å². The van der Waals surface area contributed by atoms with E-state index < -0.39 is 0 Å². The molecule has 1 amide bonds. The molecule has 0 spiro atoms. The number of benzene rings is 1. The average Bonchev–Trinajstić information content (AvgIpc) is 2.49. The summed E-state index contributed by atoms with van der Waals surface area (Å²) in [4.78, 5) is 11.8. The van der Waals surface area contributed by atoms with Crippen LogP contribution in [0.5, 0.6) is 5.75 Å². The molecule has 1 aliphatic heterocycles. The Kier molecular flexibility index (Phi) is 6.21. The van der Waals surface area contributed by atoms with E-state index in [4.69, 9.17) is 4.74 Å². The highest BCUT2D eigenvalue weighted by Gasteiger charge is 2.16. The predicted molar refractivity (Wildman–Crippen MR) is 83.4 cm³/mol. The number of carbonyl (C=O) groups excluding carboxylic acids is 1. The van der Waals surface area contributed by atoms with Gasteiger partial charge in [0.1, 0.15) is 5.75 Å². The Balaban J connectivity index is 1.65. The quantitative estimate of drug-likeness (QED) is 0.834. The molecular weight excluding hydrogens is 272 g/mol. The number of ether oxygens (including phenoxy) is 1. The molecule has 1 unspecified atom stereocenters. The predicted octanol–water partition coefficient (Wildman–Crippen LogP) is 1.45. The number of amides is 1. The molecule has 20 heavy (non-hydrogen) atoms. The summed E-state index contributed by atoms with van der Waals surface area (Å²) in [5, 5.41) is 6.36. The Bertz CT molecular complexity index is 416. The number of methoxy groups -OCH3 is 1. The third-order valence-electron chi connectivity index (χ3n) is 3.33. The second-order valence-corrected chi connectivity index (χ2v) is 6.03. The molecule has 1 aromatic carbocycles. The van der Waals surface area contributed by atoms with Gasteiger partial charge in [-0.2, -0.15) is 11.8 Å². The van der Waals surface area contributed by atoms with Crippen LogP contribution in [0.2, 0.25) is 0 Å². The number of nitrogens with one attached hydrogen (secondary N) is 2. The maximum Gasteiger partial charge on any atom is 0.221 e. The van der Waals surface area contributed by atoms with Crippen LogP contribution in [-0.2, 0) is 11.2 Å². The fourth-order valence-electron chi connectivity index (χ4n) is 2.19. The number of hydrogen-bond acceptors (Lipinski definition) is 4. The van der Waals surface area contributed by atoms with Crippen LogP contribution >= 0.6 is 11.8 Å². The molecule has 0 aromatic heterocycles. The molecular formula is C15H22N2O2S. The maximum absolute atomic E-state index is 11.8. The van der Waals surface area contributed by atoms with E-state index in [1.54, 1.807) is 7.11 Å². The third-order valence-corrected chi connectivity index (χ3v) is 4.46. The fourth-order valence-corrected chi connectivity index (χ4v) is 3.13.